The first-order valence-corrected chi connectivity index (χ1v) is 13.1. The van der Waals surface area contributed by atoms with E-state index in [0.29, 0.717) is 23.4 Å². The largest absolute Gasteiger partial charge is 0.349 e. The molecule has 2 aromatic carbocycles. The van der Waals surface area contributed by atoms with Gasteiger partial charge in [-0.3, -0.25) is 4.79 Å². The molecule has 1 aliphatic rings. The van der Waals surface area contributed by atoms with Crippen molar-refractivity contribution in [2.75, 3.05) is 19.8 Å². The summed E-state index contributed by atoms with van der Waals surface area (Å²) >= 11 is 7.94. The van der Waals surface area contributed by atoms with Gasteiger partial charge in [0.25, 0.3) is 0 Å². The molecule has 1 aromatic heterocycles. The maximum Gasteiger partial charge on any atom is 0.242 e. The summed E-state index contributed by atoms with van der Waals surface area (Å²) in [6.07, 6.45) is 1.61. The molecular formula is C22H25ClN4O3S2. The number of amides is 1. The first kappa shape index (κ1) is 23.1. The number of halogens is 1. The van der Waals surface area contributed by atoms with E-state index in [-0.39, 0.29) is 16.8 Å². The van der Waals surface area contributed by atoms with Crippen molar-refractivity contribution >= 4 is 50.3 Å². The van der Waals surface area contributed by atoms with Gasteiger partial charge in [-0.1, -0.05) is 11.6 Å². The molecular weight excluding hydrogens is 468 g/mol. The molecule has 4 rings (SSSR count). The van der Waals surface area contributed by atoms with E-state index in [2.05, 4.69) is 10.3 Å². The van der Waals surface area contributed by atoms with Gasteiger partial charge in [0, 0.05) is 49.7 Å². The minimum Gasteiger partial charge on any atom is -0.349 e. The second-order valence-corrected chi connectivity index (χ2v) is 11.7. The van der Waals surface area contributed by atoms with Crippen LogP contribution in [0.25, 0.3) is 11.0 Å². The maximum absolute atomic E-state index is 12.7. The van der Waals surface area contributed by atoms with Crippen LogP contribution in [0, 0.1) is 0 Å². The number of nitrogens with zero attached hydrogens (tertiary/aromatic N) is 3. The van der Waals surface area contributed by atoms with E-state index in [1.54, 1.807) is 30.0 Å². The Hall–Kier alpha value is -2.07. The summed E-state index contributed by atoms with van der Waals surface area (Å²) in [5.41, 5.74) is 2.49. The summed E-state index contributed by atoms with van der Waals surface area (Å²) in [6, 6.07) is 10.7. The quantitative estimate of drug-likeness (QED) is 0.566. The van der Waals surface area contributed by atoms with Gasteiger partial charge in [-0.05, 0) is 48.4 Å². The Morgan fingerprint density at radius 3 is 2.81 bits per heavy atom. The number of thioether (sulfide) groups is 1. The molecule has 0 radical (unpaired) electrons. The second-order valence-electron chi connectivity index (χ2n) is 7.96. The number of hydrogen-bond acceptors (Lipinski definition) is 5. The molecule has 170 valence electrons. The number of fused-ring (bicyclic) bond motifs is 2. The Balaban J connectivity index is 1.47. The molecule has 0 fully saturated rings. The number of aromatic nitrogens is 2. The van der Waals surface area contributed by atoms with Gasteiger partial charge in [0.1, 0.15) is 5.82 Å². The highest BCUT2D eigenvalue weighted by Crippen LogP contribution is 2.37. The van der Waals surface area contributed by atoms with Gasteiger partial charge >= 0.3 is 0 Å². The summed E-state index contributed by atoms with van der Waals surface area (Å²) in [5.74, 6) is 1.63. The zero-order valence-corrected chi connectivity index (χ0v) is 20.5. The number of benzene rings is 2. The van der Waals surface area contributed by atoms with E-state index >= 15 is 0 Å². The monoisotopic (exact) mass is 492 g/mol. The predicted molar refractivity (Wildman–Crippen MR) is 128 cm³/mol. The van der Waals surface area contributed by atoms with Crippen molar-refractivity contribution in [2.45, 2.75) is 35.1 Å². The lowest BCUT2D eigenvalue weighted by atomic mass is 10.0. The predicted octanol–water partition coefficient (Wildman–Crippen LogP) is 3.76. The van der Waals surface area contributed by atoms with Crippen LogP contribution >= 0.6 is 23.4 Å². The van der Waals surface area contributed by atoms with Crippen LogP contribution in [0.1, 0.15) is 30.3 Å². The normalized spacial score (nSPS) is 16.3. The van der Waals surface area contributed by atoms with Crippen LogP contribution in [0.15, 0.2) is 46.2 Å². The van der Waals surface area contributed by atoms with Crippen LogP contribution in [-0.2, 0) is 28.3 Å². The second kappa shape index (κ2) is 9.05. The first-order valence-electron chi connectivity index (χ1n) is 10.3. The van der Waals surface area contributed by atoms with E-state index in [9.17, 15) is 13.2 Å². The smallest absolute Gasteiger partial charge is 0.242 e. The Labute approximate surface area is 197 Å². The van der Waals surface area contributed by atoms with Crippen LogP contribution in [0.4, 0.5) is 0 Å². The summed E-state index contributed by atoms with van der Waals surface area (Å²) in [5, 5.41) is 3.80. The molecule has 0 saturated carbocycles. The van der Waals surface area contributed by atoms with Gasteiger partial charge < -0.3 is 9.88 Å². The highest BCUT2D eigenvalue weighted by molar-refractivity contribution is 7.99. The molecule has 1 N–H and O–H groups in total. The van der Waals surface area contributed by atoms with Crippen molar-refractivity contribution in [2.24, 2.45) is 7.05 Å². The average Bonchev–Trinajstić information content (AvgIpc) is 3.07. The Morgan fingerprint density at radius 1 is 1.28 bits per heavy atom. The third-order valence-electron chi connectivity index (χ3n) is 5.65. The van der Waals surface area contributed by atoms with Gasteiger partial charge in [0.05, 0.1) is 22.0 Å². The molecule has 7 nitrogen and oxygen atoms in total. The molecule has 0 bridgehead atoms. The Morgan fingerprint density at radius 2 is 2.06 bits per heavy atom. The molecule has 1 aliphatic heterocycles. The number of sulfonamides is 1. The van der Waals surface area contributed by atoms with Crippen molar-refractivity contribution in [3.8, 4) is 0 Å². The molecule has 2 heterocycles. The molecule has 32 heavy (non-hydrogen) atoms. The number of rotatable bonds is 6. The highest BCUT2D eigenvalue weighted by Gasteiger charge is 2.23. The highest BCUT2D eigenvalue weighted by atomic mass is 35.5. The molecule has 10 heteroatoms. The van der Waals surface area contributed by atoms with Gasteiger partial charge in [-0.2, -0.15) is 0 Å². The molecule has 1 amide bonds. The number of hydrogen-bond donors (Lipinski definition) is 1. The van der Waals surface area contributed by atoms with Crippen LogP contribution in [0.3, 0.4) is 0 Å². The van der Waals surface area contributed by atoms with Crippen molar-refractivity contribution in [3.05, 3.63) is 52.8 Å². The average molecular weight is 493 g/mol. The zero-order valence-electron chi connectivity index (χ0n) is 18.1. The fourth-order valence-corrected chi connectivity index (χ4v) is 6.04. The molecule has 0 aliphatic carbocycles. The van der Waals surface area contributed by atoms with Gasteiger partial charge in [0.15, 0.2) is 0 Å². The number of imidazole rings is 1. The van der Waals surface area contributed by atoms with Crippen LogP contribution < -0.4 is 5.32 Å². The molecule has 0 saturated heterocycles. The van der Waals surface area contributed by atoms with Crippen molar-refractivity contribution < 1.29 is 13.2 Å². The maximum atomic E-state index is 12.7. The van der Waals surface area contributed by atoms with Crippen LogP contribution in [-0.4, -0.2) is 48.0 Å². The molecule has 0 spiro atoms. The third kappa shape index (κ3) is 4.52. The van der Waals surface area contributed by atoms with E-state index < -0.39 is 10.0 Å². The fourth-order valence-electron chi connectivity index (χ4n) is 3.83. The van der Waals surface area contributed by atoms with Crippen molar-refractivity contribution in [1.29, 1.82) is 0 Å². The lowest BCUT2D eigenvalue weighted by molar-refractivity contribution is -0.121. The minimum absolute atomic E-state index is 0.0447. The van der Waals surface area contributed by atoms with E-state index in [1.807, 2.05) is 29.8 Å². The SMILES string of the molecule is CN(C)S(=O)(=O)c1ccc2c(c1)nc(CCC(=O)NC1CCSc3ccc(Cl)cc31)n2C. The molecule has 3 aromatic rings. The summed E-state index contributed by atoms with van der Waals surface area (Å²) in [7, 11) is 1.34. The first-order chi connectivity index (χ1) is 15.2. The van der Waals surface area contributed by atoms with Crippen molar-refractivity contribution in [3.63, 3.8) is 0 Å². The van der Waals surface area contributed by atoms with Gasteiger partial charge in [0.2, 0.25) is 15.9 Å². The number of nitrogens with one attached hydrogen (secondary N) is 1. The van der Waals surface area contributed by atoms with E-state index in [4.69, 9.17) is 11.6 Å². The minimum atomic E-state index is -3.53. The molecule has 1 atom stereocenters. The van der Waals surface area contributed by atoms with Crippen molar-refractivity contribution in [1.82, 2.24) is 19.2 Å². The van der Waals surface area contributed by atoms with E-state index in [0.717, 1.165) is 34.0 Å². The lowest BCUT2D eigenvalue weighted by Crippen LogP contribution is -2.31. The Kier molecular flexibility index (Phi) is 6.53. The number of aryl methyl sites for hydroxylation is 2. The zero-order chi connectivity index (χ0) is 23.0. The van der Waals surface area contributed by atoms with Gasteiger partial charge in [-0.25, -0.2) is 17.7 Å². The van der Waals surface area contributed by atoms with Crippen LogP contribution in [0.2, 0.25) is 5.02 Å². The summed E-state index contributed by atoms with van der Waals surface area (Å²) < 4.78 is 27.9. The van der Waals surface area contributed by atoms with E-state index in [1.165, 1.54) is 18.4 Å². The Bertz CT molecular complexity index is 1290. The third-order valence-corrected chi connectivity index (χ3v) is 8.81. The topological polar surface area (TPSA) is 84.3 Å². The standard InChI is InChI=1S/C22H25ClN4O3S2/c1-26(2)32(29,30)15-5-6-19-18(13-15)24-21(27(19)3)8-9-22(28)25-17-10-11-31-20-7-4-14(23)12-16(17)20/h4-7,12-13,17H,8-11H2,1-3H3,(H,25,28). The summed E-state index contributed by atoms with van der Waals surface area (Å²) in [6.45, 7) is 0. The van der Waals surface area contributed by atoms with Crippen LogP contribution in [0.5, 0.6) is 0 Å². The van der Waals surface area contributed by atoms with Gasteiger partial charge in [-0.15, -0.1) is 11.8 Å². The summed E-state index contributed by atoms with van der Waals surface area (Å²) in [4.78, 5) is 18.6. The number of carbonyl (C=O) groups excluding carboxylic acids is 1. The fraction of sp³-hybridized carbons (Fsp3) is 0.364. The molecule has 1 unspecified atom stereocenters. The lowest BCUT2D eigenvalue weighted by Gasteiger charge is -2.26. The number of carbonyl (C=O) groups is 1.